The summed E-state index contributed by atoms with van der Waals surface area (Å²) >= 11 is 1.12. The van der Waals surface area contributed by atoms with Gasteiger partial charge in [-0.1, -0.05) is 24.3 Å². The molecule has 134 valence electrons. The van der Waals surface area contributed by atoms with Gasteiger partial charge in [-0.25, -0.2) is 9.37 Å². The fourth-order valence-electron chi connectivity index (χ4n) is 2.39. The molecule has 0 atom stereocenters. The van der Waals surface area contributed by atoms with Gasteiger partial charge in [-0.3, -0.25) is 10.1 Å². The Morgan fingerprint density at radius 1 is 1.12 bits per heavy atom. The van der Waals surface area contributed by atoms with Crippen LogP contribution in [0.3, 0.4) is 0 Å². The number of amides is 1. The van der Waals surface area contributed by atoms with Crippen LogP contribution < -0.4 is 5.32 Å². The molecule has 3 rings (SSSR count). The summed E-state index contributed by atoms with van der Waals surface area (Å²) < 4.78 is 52.2. The molecule has 0 radical (unpaired) electrons. The van der Waals surface area contributed by atoms with Crippen LogP contribution in [-0.4, -0.2) is 10.9 Å². The Labute approximate surface area is 150 Å². The summed E-state index contributed by atoms with van der Waals surface area (Å²) in [5.74, 6) is -1.24. The van der Waals surface area contributed by atoms with Crippen LogP contribution in [0, 0.1) is 5.82 Å². The first-order chi connectivity index (χ1) is 12.3. The Hall–Kier alpha value is -2.74. The van der Waals surface area contributed by atoms with Gasteiger partial charge in [0.1, 0.15) is 5.82 Å². The largest absolute Gasteiger partial charge is 0.417 e. The molecule has 0 spiro atoms. The van der Waals surface area contributed by atoms with Crippen molar-refractivity contribution in [2.24, 2.45) is 0 Å². The fourth-order valence-corrected chi connectivity index (χ4v) is 3.23. The quantitative estimate of drug-likeness (QED) is 0.637. The van der Waals surface area contributed by atoms with Crippen molar-refractivity contribution in [2.45, 2.75) is 12.6 Å². The lowest BCUT2D eigenvalue weighted by Crippen LogP contribution is -2.18. The zero-order valence-electron chi connectivity index (χ0n) is 13.2. The number of carbonyl (C=O) groups is 1. The van der Waals surface area contributed by atoms with Crippen LogP contribution in [0.4, 0.5) is 22.7 Å². The average molecular weight is 380 g/mol. The molecular weight excluding hydrogens is 368 g/mol. The molecule has 0 bridgehead atoms. The number of carbonyl (C=O) groups excluding carboxylic acids is 1. The highest BCUT2D eigenvalue weighted by Gasteiger charge is 2.34. The lowest BCUT2D eigenvalue weighted by Gasteiger charge is -2.11. The van der Waals surface area contributed by atoms with Crippen molar-refractivity contribution in [1.29, 1.82) is 0 Å². The van der Waals surface area contributed by atoms with Gasteiger partial charge in [0.2, 0.25) is 0 Å². The molecule has 0 fully saturated rings. The normalized spacial score (nSPS) is 11.4. The summed E-state index contributed by atoms with van der Waals surface area (Å²) in [4.78, 5) is 16.9. The second kappa shape index (κ2) is 7.25. The minimum atomic E-state index is -4.63. The number of anilines is 1. The number of aromatic nitrogens is 1. The van der Waals surface area contributed by atoms with Crippen molar-refractivity contribution in [2.75, 3.05) is 5.32 Å². The van der Waals surface area contributed by atoms with Crippen LogP contribution in [-0.2, 0) is 12.6 Å². The number of halogens is 4. The maximum absolute atomic E-state index is 13.2. The van der Waals surface area contributed by atoms with Crippen molar-refractivity contribution in [1.82, 2.24) is 4.98 Å². The first-order valence-electron chi connectivity index (χ1n) is 7.49. The molecular formula is C18H12F4N2OS. The van der Waals surface area contributed by atoms with E-state index < -0.39 is 23.2 Å². The van der Waals surface area contributed by atoms with E-state index in [1.165, 1.54) is 30.5 Å². The van der Waals surface area contributed by atoms with Crippen LogP contribution in [0.25, 0.3) is 0 Å². The number of hydrogen-bond acceptors (Lipinski definition) is 3. The number of thiazole rings is 1. The Balaban J connectivity index is 1.75. The summed E-state index contributed by atoms with van der Waals surface area (Å²) in [5, 5.41) is 2.56. The number of nitrogens with one attached hydrogen (secondary N) is 1. The Morgan fingerprint density at radius 2 is 1.88 bits per heavy atom. The molecule has 3 nitrogen and oxygen atoms in total. The van der Waals surface area contributed by atoms with Crippen molar-refractivity contribution >= 4 is 22.4 Å². The third kappa shape index (κ3) is 4.26. The molecule has 1 amide bonds. The van der Waals surface area contributed by atoms with Gasteiger partial charge >= 0.3 is 6.18 Å². The van der Waals surface area contributed by atoms with Gasteiger partial charge in [-0.2, -0.15) is 13.2 Å². The molecule has 0 saturated carbocycles. The predicted molar refractivity (Wildman–Crippen MR) is 90.7 cm³/mol. The Morgan fingerprint density at radius 3 is 2.62 bits per heavy atom. The third-order valence-electron chi connectivity index (χ3n) is 3.52. The maximum Gasteiger partial charge on any atom is 0.417 e. The SMILES string of the molecule is O=C(Nc1ncc(Cc2cccc(F)c2)s1)c1ccccc1C(F)(F)F. The second-order valence-corrected chi connectivity index (χ2v) is 6.55. The van der Waals surface area contributed by atoms with Gasteiger partial charge in [0.25, 0.3) is 5.91 Å². The number of hydrogen-bond donors (Lipinski definition) is 1. The van der Waals surface area contributed by atoms with E-state index in [4.69, 9.17) is 0 Å². The molecule has 0 aliphatic heterocycles. The molecule has 1 aromatic heterocycles. The second-order valence-electron chi connectivity index (χ2n) is 5.44. The van der Waals surface area contributed by atoms with E-state index >= 15 is 0 Å². The molecule has 8 heteroatoms. The molecule has 0 saturated heterocycles. The zero-order valence-corrected chi connectivity index (χ0v) is 14.0. The third-order valence-corrected chi connectivity index (χ3v) is 4.43. The molecule has 0 aliphatic rings. The minimum absolute atomic E-state index is 0.179. The van der Waals surface area contributed by atoms with Crippen molar-refractivity contribution < 1.29 is 22.4 Å². The Kier molecular flexibility index (Phi) is 5.03. The highest BCUT2D eigenvalue weighted by Crippen LogP contribution is 2.32. The standard InChI is InChI=1S/C18H12F4N2OS/c19-12-5-3-4-11(8-12)9-13-10-23-17(26-13)24-16(25)14-6-1-2-7-15(14)18(20,21)22/h1-8,10H,9H2,(H,23,24,25). The molecule has 26 heavy (non-hydrogen) atoms. The number of alkyl halides is 3. The van der Waals surface area contributed by atoms with E-state index in [-0.39, 0.29) is 10.9 Å². The Bertz CT molecular complexity index is 937. The first-order valence-corrected chi connectivity index (χ1v) is 8.31. The van der Waals surface area contributed by atoms with Gasteiger partial charge in [0.05, 0.1) is 11.1 Å². The highest BCUT2D eigenvalue weighted by molar-refractivity contribution is 7.15. The zero-order chi connectivity index (χ0) is 18.7. The van der Waals surface area contributed by atoms with Crippen LogP contribution >= 0.6 is 11.3 Å². The van der Waals surface area contributed by atoms with Crippen molar-refractivity contribution in [3.63, 3.8) is 0 Å². The number of benzene rings is 2. The van der Waals surface area contributed by atoms with Crippen molar-refractivity contribution in [3.8, 4) is 0 Å². The van der Waals surface area contributed by atoms with E-state index in [9.17, 15) is 22.4 Å². The van der Waals surface area contributed by atoms with Crippen LogP contribution in [0.2, 0.25) is 0 Å². The first kappa shape index (κ1) is 18.1. The lowest BCUT2D eigenvalue weighted by molar-refractivity contribution is -0.137. The summed E-state index contributed by atoms with van der Waals surface area (Å²) in [5.41, 5.74) is -0.745. The number of rotatable bonds is 4. The van der Waals surface area contributed by atoms with Crippen molar-refractivity contribution in [3.05, 3.63) is 82.1 Å². The van der Waals surface area contributed by atoms with E-state index in [0.29, 0.717) is 6.42 Å². The fraction of sp³-hybridized carbons (Fsp3) is 0.111. The van der Waals surface area contributed by atoms with Crippen LogP contribution in [0.5, 0.6) is 0 Å². The topological polar surface area (TPSA) is 42.0 Å². The van der Waals surface area contributed by atoms with Crippen LogP contribution in [0.1, 0.15) is 26.4 Å². The summed E-state index contributed by atoms with van der Waals surface area (Å²) in [6, 6.07) is 10.6. The van der Waals surface area contributed by atoms with Crippen LogP contribution in [0.15, 0.2) is 54.7 Å². The molecule has 1 heterocycles. The summed E-state index contributed by atoms with van der Waals surface area (Å²) in [6.45, 7) is 0. The molecule has 2 aromatic carbocycles. The smallest absolute Gasteiger partial charge is 0.298 e. The molecule has 0 unspecified atom stereocenters. The van der Waals surface area contributed by atoms with E-state index in [1.54, 1.807) is 12.1 Å². The van der Waals surface area contributed by atoms with Gasteiger partial charge in [-0.15, -0.1) is 11.3 Å². The maximum atomic E-state index is 13.2. The van der Waals surface area contributed by atoms with Gasteiger partial charge < -0.3 is 0 Å². The molecule has 0 aliphatic carbocycles. The predicted octanol–water partition coefficient (Wildman–Crippen LogP) is 5.14. The lowest BCUT2D eigenvalue weighted by atomic mass is 10.1. The summed E-state index contributed by atoms with van der Waals surface area (Å²) in [6.07, 6.45) is -2.72. The highest BCUT2D eigenvalue weighted by atomic mass is 32.1. The average Bonchev–Trinajstić information content (AvgIpc) is 3.01. The van der Waals surface area contributed by atoms with Gasteiger partial charge in [-0.05, 0) is 29.8 Å². The van der Waals surface area contributed by atoms with E-state index in [0.717, 1.165) is 33.9 Å². The summed E-state index contributed by atoms with van der Waals surface area (Å²) in [7, 11) is 0. The molecule has 1 N–H and O–H groups in total. The van der Waals surface area contributed by atoms with E-state index in [1.807, 2.05) is 0 Å². The number of nitrogens with zero attached hydrogens (tertiary/aromatic N) is 1. The minimum Gasteiger partial charge on any atom is -0.298 e. The molecule has 3 aromatic rings. The van der Waals surface area contributed by atoms with Gasteiger partial charge in [0, 0.05) is 17.5 Å². The monoisotopic (exact) mass is 380 g/mol. The van der Waals surface area contributed by atoms with E-state index in [2.05, 4.69) is 10.3 Å². The van der Waals surface area contributed by atoms with Gasteiger partial charge in [0.15, 0.2) is 5.13 Å².